The van der Waals surface area contributed by atoms with Gasteiger partial charge in [0.25, 0.3) is 0 Å². The highest BCUT2D eigenvalue weighted by Crippen LogP contribution is 2.25. The molecule has 1 aromatic carbocycles. The van der Waals surface area contributed by atoms with Crippen molar-refractivity contribution in [3.8, 4) is 0 Å². The van der Waals surface area contributed by atoms with Crippen LogP contribution in [-0.4, -0.2) is 25.5 Å². The summed E-state index contributed by atoms with van der Waals surface area (Å²) < 4.78 is 5.05. The Labute approximate surface area is 106 Å². The predicted octanol–water partition coefficient (Wildman–Crippen LogP) is 0.671. The minimum Gasteiger partial charge on any atom is -0.380 e. The number of nitrogens with zero attached hydrogens (tertiary/aromatic N) is 1. The van der Waals surface area contributed by atoms with E-state index in [0.29, 0.717) is 13.2 Å². The van der Waals surface area contributed by atoms with E-state index in [2.05, 4.69) is 0 Å². The second kappa shape index (κ2) is 5.18. The summed E-state index contributed by atoms with van der Waals surface area (Å²) in [7, 11) is 1.62. The summed E-state index contributed by atoms with van der Waals surface area (Å²) >= 11 is 0. The molecule has 0 saturated carbocycles. The molecule has 0 bridgehead atoms. The van der Waals surface area contributed by atoms with E-state index in [0.717, 1.165) is 11.3 Å². The fraction of sp³-hybridized carbons (Fsp3) is 0.385. The first-order valence-electron chi connectivity index (χ1n) is 5.79. The van der Waals surface area contributed by atoms with Crippen molar-refractivity contribution in [3.63, 3.8) is 0 Å². The van der Waals surface area contributed by atoms with Gasteiger partial charge in [-0.05, 0) is 17.7 Å². The van der Waals surface area contributed by atoms with Gasteiger partial charge in [0, 0.05) is 25.8 Å². The summed E-state index contributed by atoms with van der Waals surface area (Å²) in [6, 6.07) is 7.54. The van der Waals surface area contributed by atoms with Crippen molar-refractivity contribution in [3.05, 3.63) is 29.8 Å². The van der Waals surface area contributed by atoms with Crippen LogP contribution >= 0.6 is 0 Å². The Kier molecular flexibility index (Phi) is 3.62. The van der Waals surface area contributed by atoms with Crippen LogP contribution in [0.15, 0.2) is 24.3 Å². The molecule has 1 aliphatic heterocycles. The molecule has 1 saturated heterocycles. The third-order valence-electron chi connectivity index (χ3n) is 3.06. The van der Waals surface area contributed by atoms with E-state index in [1.54, 1.807) is 12.0 Å². The number of carbonyl (C=O) groups excluding carboxylic acids is 2. The van der Waals surface area contributed by atoms with Crippen LogP contribution in [0.4, 0.5) is 5.69 Å². The smallest absolute Gasteiger partial charge is 0.227 e. The van der Waals surface area contributed by atoms with Gasteiger partial charge in [0.2, 0.25) is 11.8 Å². The third-order valence-corrected chi connectivity index (χ3v) is 3.06. The highest BCUT2D eigenvalue weighted by molar-refractivity contribution is 6.00. The molecule has 1 aromatic rings. The maximum absolute atomic E-state index is 11.8. The van der Waals surface area contributed by atoms with Crippen molar-refractivity contribution in [1.29, 1.82) is 0 Å². The van der Waals surface area contributed by atoms with Gasteiger partial charge in [-0.1, -0.05) is 12.1 Å². The average molecular weight is 248 g/mol. The number of rotatable bonds is 4. The normalized spacial score (nSPS) is 19.3. The standard InChI is InChI=1S/C13H16N2O3/c1-18-8-9-3-2-4-11(5-9)15-7-10(13(14)17)6-12(15)16/h2-5,10H,6-8H2,1H3,(H2,14,17). The third kappa shape index (κ3) is 2.51. The molecule has 1 fully saturated rings. The number of hydrogen-bond donors (Lipinski definition) is 1. The number of ether oxygens (including phenoxy) is 1. The van der Waals surface area contributed by atoms with Crippen LogP contribution in [-0.2, 0) is 20.9 Å². The first-order valence-corrected chi connectivity index (χ1v) is 5.79. The molecule has 0 aliphatic carbocycles. The minimum atomic E-state index is -0.418. The average Bonchev–Trinajstić information content (AvgIpc) is 2.72. The van der Waals surface area contributed by atoms with Gasteiger partial charge in [-0.2, -0.15) is 0 Å². The van der Waals surface area contributed by atoms with Gasteiger partial charge in [0.15, 0.2) is 0 Å². The molecule has 96 valence electrons. The minimum absolute atomic E-state index is 0.0617. The van der Waals surface area contributed by atoms with E-state index in [1.807, 2.05) is 24.3 Å². The summed E-state index contributed by atoms with van der Waals surface area (Å²) in [4.78, 5) is 24.6. The molecule has 18 heavy (non-hydrogen) atoms. The van der Waals surface area contributed by atoms with E-state index in [9.17, 15) is 9.59 Å². The van der Waals surface area contributed by atoms with Crippen LogP contribution in [0.2, 0.25) is 0 Å². The van der Waals surface area contributed by atoms with E-state index in [-0.39, 0.29) is 18.2 Å². The fourth-order valence-electron chi connectivity index (χ4n) is 2.13. The van der Waals surface area contributed by atoms with Crippen molar-refractivity contribution < 1.29 is 14.3 Å². The first-order chi connectivity index (χ1) is 8.61. The van der Waals surface area contributed by atoms with E-state index < -0.39 is 5.91 Å². The summed E-state index contributed by atoms with van der Waals surface area (Å²) in [5, 5.41) is 0. The molecule has 0 radical (unpaired) electrons. The maximum atomic E-state index is 11.8. The lowest BCUT2D eigenvalue weighted by atomic mass is 10.1. The lowest BCUT2D eigenvalue weighted by Crippen LogP contribution is -2.28. The number of primary amides is 1. The van der Waals surface area contributed by atoms with Crippen molar-refractivity contribution in [2.75, 3.05) is 18.6 Å². The van der Waals surface area contributed by atoms with Crippen molar-refractivity contribution in [2.24, 2.45) is 11.7 Å². The molecule has 1 atom stereocenters. The van der Waals surface area contributed by atoms with E-state index in [1.165, 1.54) is 0 Å². The highest BCUT2D eigenvalue weighted by atomic mass is 16.5. The monoisotopic (exact) mass is 248 g/mol. The lowest BCUT2D eigenvalue weighted by Gasteiger charge is -2.17. The van der Waals surface area contributed by atoms with Gasteiger partial charge in [-0.25, -0.2) is 0 Å². The topological polar surface area (TPSA) is 72.6 Å². The summed E-state index contributed by atoms with van der Waals surface area (Å²) in [5.74, 6) is -0.865. The van der Waals surface area contributed by atoms with Gasteiger partial charge >= 0.3 is 0 Å². The van der Waals surface area contributed by atoms with Gasteiger partial charge in [-0.15, -0.1) is 0 Å². The number of amides is 2. The van der Waals surface area contributed by atoms with Crippen LogP contribution < -0.4 is 10.6 Å². The Bertz CT molecular complexity index is 473. The van der Waals surface area contributed by atoms with Crippen molar-refractivity contribution in [2.45, 2.75) is 13.0 Å². The Morgan fingerprint density at radius 1 is 1.56 bits per heavy atom. The van der Waals surface area contributed by atoms with Gasteiger partial charge < -0.3 is 15.4 Å². The van der Waals surface area contributed by atoms with Crippen LogP contribution in [0.25, 0.3) is 0 Å². The Morgan fingerprint density at radius 3 is 2.94 bits per heavy atom. The Hall–Kier alpha value is -1.88. The number of benzene rings is 1. The molecular formula is C13H16N2O3. The molecule has 2 rings (SSSR count). The van der Waals surface area contributed by atoms with E-state index in [4.69, 9.17) is 10.5 Å². The molecule has 5 nitrogen and oxygen atoms in total. The van der Waals surface area contributed by atoms with Crippen LogP contribution in [0.5, 0.6) is 0 Å². The Balaban J connectivity index is 2.19. The maximum Gasteiger partial charge on any atom is 0.227 e. The molecule has 5 heteroatoms. The van der Waals surface area contributed by atoms with Crippen molar-refractivity contribution >= 4 is 17.5 Å². The van der Waals surface area contributed by atoms with Gasteiger partial charge in [0.05, 0.1) is 12.5 Å². The highest BCUT2D eigenvalue weighted by Gasteiger charge is 2.33. The van der Waals surface area contributed by atoms with Crippen molar-refractivity contribution in [1.82, 2.24) is 0 Å². The molecule has 2 amide bonds. The molecular weight excluding hydrogens is 232 g/mol. The molecule has 2 N–H and O–H groups in total. The zero-order valence-electron chi connectivity index (χ0n) is 10.3. The Morgan fingerprint density at radius 2 is 2.33 bits per heavy atom. The first kappa shape index (κ1) is 12.6. The number of anilines is 1. The summed E-state index contributed by atoms with van der Waals surface area (Å²) in [6.45, 7) is 0.861. The zero-order valence-corrected chi connectivity index (χ0v) is 10.3. The van der Waals surface area contributed by atoms with Crippen LogP contribution in [0, 0.1) is 5.92 Å². The number of nitrogens with two attached hydrogens (primary N) is 1. The second-order valence-corrected chi connectivity index (χ2v) is 4.41. The largest absolute Gasteiger partial charge is 0.380 e. The second-order valence-electron chi connectivity index (χ2n) is 4.41. The van der Waals surface area contributed by atoms with Crippen LogP contribution in [0.1, 0.15) is 12.0 Å². The summed E-state index contributed by atoms with van der Waals surface area (Å²) in [6.07, 6.45) is 0.198. The molecule has 1 aliphatic rings. The molecule has 0 aromatic heterocycles. The summed E-state index contributed by atoms with van der Waals surface area (Å²) in [5.41, 5.74) is 7.02. The fourth-order valence-corrected chi connectivity index (χ4v) is 2.13. The molecule has 1 unspecified atom stereocenters. The van der Waals surface area contributed by atoms with E-state index >= 15 is 0 Å². The number of carbonyl (C=O) groups is 2. The molecule has 0 spiro atoms. The van der Waals surface area contributed by atoms with Crippen LogP contribution in [0.3, 0.4) is 0 Å². The number of methoxy groups -OCH3 is 1. The lowest BCUT2D eigenvalue weighted by molar-refractivity contribution is -0.123. The SMILES string of the molecule is COCc1cccc(N2CC(C(N)=O)CC2=O)c1. The molecule has 1 heterocycles. The zero-order chi connectivity index (χ0) is 13.1. The van der Waals surface area contributed by atoms with Gasteiger partial charge in [-0.3, -0.25) is 9.59 Å². The quantitative estimate of drug-likeness (QED) is 0.851. The number of hydrogen-bond acceptors (Lipinski definition) is 3. The van der Waals surface area contributed by atoms with Gasteiger partial charge in [0.1, 0.15) is 0 Å². The predicted molar refractivity (Wildman–Crippen MR) is 66.8 cm³/mol.